The van der Waals surface area contributed by atoms with Crippen LogP contribution >= 0.6 is 0 Å². The number of carbonyl (C=O) groups excluding carboxylic acids is 1. The lowest BCUT2D eigenvalue weighted by molar-refractivity contribution is 0.0729. The number of sulfonamides is 1. The standard InChI is InChI=1S/C17H21N3O6S/c1-24-15-3-2-13(19-17(21)12-8-14(10-18)26-11-12)9-16(15)27(22,23)20-4-6-25-7-5-20/h2-3,8-9,11H,4-7,10,18H2,1H3,(H,19,21). The van der Waals surface area contributed by atoms with E-state index in [9.17, 15) is 13.2 Å². The van der Waals surface area contributed by atoms with Crippen LogP contribution in [-0.2, 0) is 21.3 Å². The number of rotatable bonds is 6. The van der Waals surface area contributed by atoms with E-state index in [2.05, 4.69) is 5.32 Å². The number of methoxy groups -OCH3 is 1. The molecule has 146 valence electrons. The predicted octanol–water partition coefficient (Wildman–Crippen LogP) is 1.02. The maximum Gasteiger partial charge on any atom is 0.258 e. The van der Waals surface area contributed by atoms with Crippen LogP contribution < -0.4 is 15.8 Å². The second-order valence-corrected chi connectivity index (χ2v) is 7.75. The summed E-state index contributed by atoms with van der Waals surface area (Å²) in [7, 11) is -2.39. The van der Waals surface area contributed by atoms with Crippen molar-refractivity contribution in [2.75, 3.05) is 38.7 Å². The Labute approximate surface area is 157 Å². The molecule has 9 nitrogen and oxygen atoms in total. The molecule has 0 atom stereocenters. The zero-order valence-corrected chi connectivity index (χ0v) is 15.6. The summed E-state index contributed by atoms with van der Waals surface area (Å²) in [5.74, 6) is 0.247. The van der Waals surface area contributed by atoms with E-state index < -0.39 is 15.9 Å². The van der Waals surface area contributed by atoms with Crippen LogP contribution in [0.3, 0.4) is 0 Å². The maximum absolute atomic E-state index is 13.0. The van der Waals surface area contributed by atoms with Crippen molar-refractivity contribution in [3.05, 3.63) is 41.9 Å². The van der Waals surface area contributed by atoms with E-state index in [0.717, 1.165) is 0 Å². The molecule has 0 unspecified atom stereocenters. The summed E-state index contributed by atoms with van der Waals surface area (Å²) >= 11 is 0. The van der Waals surface area contributed by atoms with Crippen LogP contribution in [0, 0.1) is 0 Å². The molecule has 1 aromatic carbocycles. The molecule has 0 spiro atoms. The van der Waals surface area contributed by atoms with Gasteiger partial charge in [-0.25, -0.2) is 8.42 Å². The maximum atomic E-state index is 13.0. The van der Waals surface area contributed by atoms with Gasteiger partial charge in [0.25, 0.3) is 5.91 Å². The highest BCUT2D eigenvalue weighted by Gasteiger charge is 2.29. The summed E-state index contributed by atoms with van der Waals surface area (Å²) in [6, 6.07) is 5.98. The van der Waals surface area contributed by atoms with E-state index in [-0.39, 0.29) is 30.3 Å². The first kappa shape index (κ1) is 19.4. The third-order valence-corrected chi connectivity index (χ3v) is 6.05. The van der Waals surface area contributed by atoms with Gasteiger partial charge in [-0.15, -0.1) is 0 Å². The minimum atomic E-state index is -3.79. The van der Waals surface area contributed by atoms with Gasteiger partial charge in [-0.1, -0.05) is 0 Å². The molecule has 1 fully saturated rings. The molecule has 2 aromatic rings. The lowest BCUT2D eigenvalue weighted by Crippen LogP contribution is -2.40. The van der Waals surface area contributed by atoms with Crippen LogP contribution in [0.4, 0.5) is 5.69 Å². The average molecular weight is 395 g/mol. The monoisotopic (exact) mass is 395 g/mol. The molecule has 10 heteroatoms. The van der Waals surface area contributed by atoms with Gasteiger partial charge in [-0.2, -0.15) is 4.31 Å². The Hall–Kier alpha value is -2.40. The Balaban J connectivity index is 1.87. The molecule has 3 N–H and O–H groups in total. The minimum Gasteiger partial charge on any atom is -0.495 e. The summed E-state index contributed by atoms with van der Waals surface area (Å²) < 4.78 is 42.8. The lowest BCUT2D eigenvalue weighted by atomic mass is 10.2. The largest absolute Gasteiger partial charge is 0.495 e. The van der Waals surface area contributed by atoms with Gasteiger partial charge in [0.2, 0.25) is 10.0 Å². The van der Waals surface area contributed by atoms with Gasteiger partial charge in [0.05, 0.1) is 32.4 Å². The molecule has 1 saturated heterocycles. The zero-order valence-electron chi connectivity index (χ0n) is 14.8. The Morgan fingerprint density at radius 2 is 2.04 bits per heavy atom. The van der Waals surface area contributed by atoms with Gasteiger partial charge < -0.3 is 24.9 Å². The summed E-state index contributed by atoms with van der Waals surface area (Å²) in [5.41, 5.74) is 6.08. The molecular formula is C17H21N3O6S. The minimum absolute atomic E-state index is 0.0143. The van der Waals surface area contributed by atoms with Crippen LogP contribution in [0.25, 0.3) is 0 Å². The Morgan fingerprint density at radius 3 is 2.67 bits per heavy atom. The number of benzene rings is 1. The first-order valence-corrected chi connectivity index (χ1v) is 9.74. The normalized spacial score (nSPS) is 15.5. The van der Waals surface area contributed by atoms with E-state index in [1.807, 2.05) is 0 Å². The fourth-order valence-electron chi connectivity index (χ4n) is 2.69. The highest BCUT2D eigenvalue weighted by atomic mass is 32.2. The van der Waals surface area contributed by atoms with Gasteiger partial charge in [0, 0.05) is 18.8 Å². The molecule has 1 aliphatic rings. The van der Waals surface area contributed by atoms with Gasteiger partial charge in [-0.3, -0.25) is 4.79 Å². The van der Waals surface area contributed by atoms with Crippen molar-refractivity contribution < 1.29 is 27.1 Å². The second-order valence-electron chi connectivity index (χ2n) is 5.84. The fraction of sp³-hybridized carbons (Fsp3) is 0.353. The molecule has 2 heterocycles. The number of furan rings is 1. The third kappa shape index (κ3) is 4.14. The molecule has 1 aliphatic heterocycles. The third-order valence-electron chi connectivity index (χ3n) is 4.13. The van der Waals surface area contributed by atoms with E-state index in [4.69, 9.17) is 19.6 Å². The first-order chi connectivity index (χ1) is 13.0. The molecule has 1 aromatic heterocycles. The molecular weight excluding hydrogens is 374 g/mol. The van der Waals surface area contributed by atoms with Gasteiger partial charge in [-0.05, 0) is 24.3 Å². The summed E-state index contributed by atoms with van der Waals surface area (Å²) in [5, 5.41) is 2.66. The summed E-state index contributed by atoms with van der Waals surface area (Å²) in [6.45, 7) is 1.37. The van der Waals surface area contributed by atoms with Crippen LogP contribution in [0.2, 0.25) is 0 Å². The van der Waals surface area contributed by atoms with Gasteiger partial charge in [0.15, 0.2) is 0 Å². The summed E-state index contributed by atoms with van der Waals surface area (Å²) in [6.07, 6.45) is 1.30. The van der Waals surface area contributed by atoms with Crippen LogP contribution in [0.1, 0.15) is 16.1 Å². The highest BCUT2D eigenvalue weighted by Crippen LogP contribution is 2.30. The van der Waals surface area contributed by atoms with E-state index in [1.165, 1.54) is 35.9 Å². The van der Waals surface area contributed by atoms with E-state index in [0.29, 0.717) is 30.2 Å². The van der Waals surface area contributed by atoms with Crippen molar-refractivity contribution in [3.63, 3.8) is 0 Å². The number of ether oxygens (including phenoxy) is 2. The van der Waals surface area contributed by atoms with Crippen molar-refractivity contribution in [1.29, 1.82) is 0 Å². The quantitative estimate of drug-likeness (QED) is 0.748. The van der Waals surface area contributed by atoms with Crippen molar-refractivity contribution in [2.24, 2.45) is 5.73 Å². The number of nitrogens with one attached hydrogen (secondary N) is 1. The number of hydrogen-bond acceptors (Lipinski definition) is 7. The molecule has 0 saturated carbocycles. The van der Waals surface area contributed by atoms with Crippen molar-refractivity contribution in [2.45, 2.75) is 11.4 Å². The fourth-order valence-corrected chi connectivity index (χ4v) is 4.28. The van der Waals surface area contributed by atoms with Crippen LogP contribution in [-0.4, -0.2) is 52.0 Å². The molecule has 1 amide bonds. The number of hydrogen-bond donors (Lipinski definition) is 2. The van der Waals surface area contributed by atoms with Crippen molar-refractivity contribution >= 4 is 21.6 Å². The van der Waals surface area contributed by atoms with Crippen LogP contribution in [0.15, 0.2) is 39.8 Å². The molecule has 3 rings (SSSR count). The SMILES string of the molecule is COc1ccc(NC(=O)c2coc(CN)c2)cc1S(=O)(=O)N1CCOCC1. The summed E-state index contributed by atoms with van der Waals surface area (Å²) in [4.78, 5) is 12.3. The Kier molecular flexibility index (Phi) is 5.80. The predicted molar refractivity (Wildman–Crippen MR) is 97.1 cm³/mol. The number of anilines is 1. The zero-order chi connectivity index (χ0) is 19.4. The van der Waals surface area contributed by atoms with Crippen LogP contribution in [0.5, 0.6) is 5.75 Å². The first-order valence-electron chi connectivity index (χ1n) is 8.30. The highest BCUT2D eigenvalue weighted by molar-refractivity contribution is 7.89. The number of carbonyl (C=O) groups is 1. The van der Waals surface area contributed by atoms with Crippen molar-refractivity contribution in [1.82, 2.24) is 4.31 Å². The smallest absolute Gasteiger partial charge is 0.258 e. The number of nitrogens with two attached hydrogens (primary N) is 1. The number of nitrogens with zero attached hydrogens (tertiary/aromatic N) is 1. The van der Waals surface area contributed by atoms with Gasteiger partial charge >= 0.3 is 0 Å². The van der Waals surface area contributed by atoms with E-state index >= 15 is 0 Å². The van der Waals surface area contributed by atoms with Crippen molar-refractivity contribution in [3.8, 4) is 5.75 Å². The number of morpholine rings is 1. The average Bonchev–Trinajstić information content (AvgIpc) is 3.18. The number of amides is 1. The molecule has 27 heavy (non-hydrogen) atoms. The Morgan fingerprint density at radius 1 is 1.30 bits per heavy atom. The molecule has 0 bridgehead atoms. The Bertz CT molecular complexity index is 919. The molecule has 0 aliphatic carbocycles. The topological polar surface area (TPSA) is 124 Å². The lowest BCUT2D eigenvalue weighted by Gasteiger charge is -2.26. The molecule has 0 radical (unpaired) electrons. The van der Waals surface area contributed by atoms with Gasteiger partial charge in [0.1, 0.15) is 22.7 Å². The second kappa shape index (κ2) is 8.09. The van der Waals surface area contributed by atoms with E-state index in [1.54, 1.807) is 6.07 Å².